The summed E-state index contributed by atoms with van der Waals surface area (Å²) in [6, 6.07) is 18.6. The third kappa shape index (κ3) is 6.58. The third-order valence-electron chi connectivity index (χ3n) is 4.84. The lowest BCUT2D eigenvalue weighted by molar-refractivity contribution is -0.123. The summed E-state index contributed by atoms with van der Waals surface area (Å²) in [4.78, 5) is 38.7. The molecule has 1 aliphatic heterocycles. The van der Waals surface area contributed by atoms with Crippen molar-refractivity contribution in [2.24, 2.45) is 0 Å². The van der Waals surface area contributed by atoms with Gasteiger partial charge in [-0.05, 0) is 77.5 Å². The molecule has 0 aliphatic carbocycles. The van der Waals surface area contributed by atoms with Crippen molar-refractivity contribution in [1.82, 2.24) is 4.90 Å². The summed E-state index contributed by atoms with van der Waals surface area (Å²) in [5.41, 5.74) is 1.96. The fraction of sp³-hybridized carbons (Fsp3) is 0.0800. The van der Waals surface area contributed by atoms with E-state index in [1.165, 1.54) is 4.90 Å². The first kappa shape index (κ1) is 25.1. The molecule has 178 valence electrons. The highest BCUT2D eigenvalue weighted by Gasteiger charge is 2.35. The van der Waals surface area contributed by atoms with E-state index in [-0.39, 0.29) is 34.2 Å². The Balaban J connectivity index is 1.38. The molecule has 10 heteroatoms. The van der Waals surface area contributed by atoms with Gasteiger partial charge < -0.3 is 10.1 Å². The number of carbonyl (C=O) groups excluding carboxylic acids is 3. The largest absolute Gasteiger partial charge is 0.482 e. The zero-order valence-corrected chi connectivity index (χ0v) is 21.0. The first-order valence-corrected chi connectivity index (χ1v) is 12.2. The predicted molar refractivity (Wildman–Crippen MR) is 140 cm³/mol. The van der Waals surface area contributed by atoms with Gasteiger partial charge in [0.05, 0.1) is 16.5 Å². The highest BCUT2D eigenvalue weighted by atomic mass is 35.5. The predicted octanol–water partition coefficient (Wildman–Crippen LogP) is 6.90. The van der Waals surface area contributed by atoms with Crippen molar-refractivity contribution in [3.05, 3.63) is 97.8 Å². The summed E-state index contributed by atoms with van der Waals surface area (Å²) < 4.78 is 5.51. The van der Waals surface area contributed by atoms with Gasteiger partial charge >= 0.3 is 0 Å². The zero-order chi connectivity index (χ0) is 24.9. The minimum Gasteiger partial charge on any atom is -0.482 e. The lowest BCUT2D eigenvalue weighted by atomic mass is 10.2. The van der Waals surface area contributed by atoms with Crippen LogP contribution in [0, 0.1) is 0 Å². The van der Waals surface area contributed by atoms with Gasteiger partial charge in [0.1, 0.15) is 5.75 Å². The van der Waals surface area contributed by atoms with Gasteiger partial charge in [0.15, 0.2) is 6.61 Å². The number of benzene rings is 3. The Kier molecular flexibility index (Phi) is 8.03. The van der Waals surface area contributed by atoms with Gasteiger partial charge in [0.2, 0.25) is 0 Å². The Morgan fingerprint density at radius 1 is 0.971 bits per heavy atom. The van der Waals surface area contributed by atoms with E-state index < -0.39 is 5.91 Å². The summed E-state index contributed by atoms with van der Waals surface area (Å²) >= 11 is 19.0. The van der Waals surface area contributed by atoms with E-state index in [1.807, 2.05) is 0 Å². The number of nitrogens with one attached hydrogen (secondary N) is 1. The minimum absolute atomic E-state index is 0.133. The molecule has 3 amide bonds. The van der Waals surface area contributed by atoms with Crippen molar-refractivity contribution in [1.29, 1.82) is 0 Å². The number of nitrogens with zero attached hydrogens (tertiary/aromatic N) is 1. The number of thioether (sulfide) groups is 1. The van der Waals surface area contributed by atoms with Gasteiger partial charge in [-0.1, -0.05) is 53.0 Å². The minimum atomic E-state index is -0.393. The molecule has 0 radical (unpaired) electrons. The highest BCUT2D eigenvalue weighted by Crippen LogP contribution is 2.35. The Hall–Kier alpha value is -2.97. The summed E-state index contributed by atoms with van der Waals surface area (Å²) in [6.07, 6.45) is 1.59. The van der Waals surface area contributed by atoms with Crippen LogP contribution < -0.4 is 10.1 Å². The molecule has 0 bridgehead atoms. The van der Waals surface area contributed by atoms with Crippen LogP contribution in [0.25, 0.3) is 6.08 Å². The lowest BCUT2D eigenvalue weighted by Crippen LogP contribution is -2.27. The fourth-order valence-electron chi connectivity index (χ4n) is 3.20. The zero-order valence-electron chi connectivity index (χ0n) is 18.0. The van der Waals surface area contributed by atoms with Crippen LogP contribution in [0.1, 0.15) is 11.1 Å². The number of hydrogen-bond acceptors (Lipinski definition) is 5. The second-order valence-electron chi connectivity index (χ2n) is 7.43. The maximum atomic E-state index is 12.8. The summed E-state index contributed by atoms with van der Waals surface area (Å²) in [7, 11) is 0. The van der Waals surface area contributed by atoms with E-state index in [1.54, 1.807) is 72.8 Å². The average Bonchev–Trinajstić information content (AvgIpc) is 3.07. The summed E-state index contributed by atoms with van der Waals surface area (Å²) in [5, 5.41) is 3.69. The number of anilines is 1. The van der Waals surface area contributed by atoms with Crippen LogP contribution in [0.5, 0.6) is 5.75 Å². The number of halogens is 3. The molecular formula is C25H17Cl3N2O4S. The molecule has 1 fully saturated rings. The molecule has 0 spiro atoms. The van der Waals surface area contributed by atoms with Crippen LogP contribution in [-0.4, -0.2) is 28.6 Å². The Labute approximate surface area is 220 Å². The molecule has 0 unspecified atom stereocenters. The van der Waals surface area contributed by atoms with E-state index in [2.05, 4.69) is 5.32 Å². The molecular weight excluding hydrogens is 531 g/mol. The van der Waals surface area contributed by atoms with Crippen LogP contribution in [-0.2, 0) is 16.1 Å². The Morgan fingerprint density at radius 3 is 2.46 bits per heavy atom. The Bertz CT molecular complexity index is 1330. The van der Waals surface area contributed by atoms with Crippen LogP contribution in [0.4, 0.5) is 10.5 Å². The van der Waals surface area contributed by atoms with Crippen molar-refractivity contribution < 1.29 is 19.1 Å². The molecule has 3 aromatic rings. The fourth-order valence-corrected chi connectivity index (χ4v) is 4.62. The number of imide groups is 1. The molecule has 0 atom stereocenters. The smallest absolute Gasteiger partial charge is 0.293 e. The average molecular weight is 548 g/mol. The number of hydrogen-bond donors (Lipinski definition) is 1. The molecule has 4 rings (SSSR count). The van der Waals surface area contributed by atoms with Crippen LogP contribution in [0.2, 0.25) is 15.1 Å². The normalized spacial score (nSPS) is 14.5. The standard InChI is InChI=1S/C25H17Cl3N2O4S/c26-17-5-7-19(8-6-17)29-23(31)14-34-21-9-4-15(11-20(21)28)12-22-24(32)30(25(33)35-22)13-16-2-1-3-18(27)10-16/h1-12H,13-14H2,(H,29,31)/b22-12-. The molecule has 6 nitrogen and oxygen atoms in total. The molecule has 1 heterocycles. The third-order valence-corrected chi connectivity index (χ3v) is 6.53. The number of carbonyl (C=O) groups is 3. The molecule has 1 saturated heterocycles. The maximum Gasteiger partial charge on any atom is 0.293 e. The van der Waals surface area contributed by atoms with Crippen LogP contribution in [0.3, 0.4) is 0 Å². The van der Waals surface area contributed by atoms with E-state index in [0.717, 1.165) is 17.3 Å². The van der Waals surface area contributed by atoms with Crippen LogP contribution in [0.15, 0.2) is 71.6 Å². The van der Waals surface area contributed by atoms with Gasteiger partial charge in [-0.25, -0.2) is 0 Å². The maximum absolute atomic E-state index is 12.8. The number of amides is 3. The van der Waals surface area contributed by atoms with E-state index >= 15 is 0 Å². The van der Waals surface area contributed by atoms with E-state index in [9.17, 15) is 14.4 Å². The first-order chi connectivity index (χ1) is 16.8. The molecule has 0 aromatic heterocycles. The lowest BCUT2D eigenvalue weighted by Gasteiger charge is -2.12. The molecule has 1 aliphatic rings. The van der Waals surface area contributed by atoms with Gasteiger partial charge in [0, 0.05) is 15.7 Å². The topological polar surface area (TPSA) is 75.7 Å². The molecule has 1 N–H and O–H groups in total. The number of rotatable bonds is 7. The quantitative estimate of drug-likeness (QED) is 0.326. The molecule has 35 heavy (non-hydrogen) atoms. The Morgan fingerprint density at radius 2 is 1.74 bits per heavy atom. The van der Waals surface area contributed by atoms with Crippen molar-refractivity contribution in [3.8, 4) is 5.75 Å². The van der Waals surface area contributed by atoms with Crippen molar-refractivity contribution >= 4 is 75.4 Å². The molecule has 0 saturated carbocycles. The molecule has 3 aromatic carbocycles. The number of ether oxygens (including phenoxy) is 1. The van der Waals surface area contributed by atoms with Gasteiger partial charge in [0.25, 0.3) is 17.1 Å². The monoisotopic (exact) mass is 546 g/mol. The summed E-state index contributed by atoms with van der Waals surface area (Å²) in [6.45, 7) is -0.113. The SMILES string of the molecule is O=C(COc1ccc(/C=C2\SC(=O)N(Cc3cccc(Cl)c3)C2=O)cc1Cl)Nc1ccc(Cl)cc1. The highest BCUT2D eigenvalue weighted by molar-refractivity contribution is 8.18. The van der Waals surface area contributed by atoms with Crippen molar-refractivity contribution in [2.45, 2.75) is 6.54 Å². The second-order valence-corrected chi connectivity index (χ2v) is 9.70. The van der Waals surface area contributed by atoms with Gasteiger partial charge in [-0.15, -0.1) is 0 Å². The second kappa shape index (κ2) is 11.2. The van der Waals surface area contributed by atoms with E-state index in [0.29, 0.717) is 27.0 Å². The van der Waals surface area contributed by atoms with Crippen molar-refractivity contribution in [3.63, 3.8) is 0 Å². The van der Waals surface area contributed by atoms with Crippen molar-refractivity contribution in [2.75, 3.05) is 11.9 Å². The van der Waals surface area contributed by atoms with Gasteiger partial charge in [-0.2, -0.15) is 0 Å². The van der Waals surface area contributed by atoms with E-state index in [4.69, 9.17) is 39.5 Å². The van der Waals surface area contributed by atoms with Crippen LogP contribution >= 0.6 is 46.6 Å². The first-order valence-electron chi connectivity index (χ1n) is 10.3. The van der Waals surface area contributed by atoms with Gasteiger partial charge in [-0.3, -0.25) is 19.3 Å². The summed E-state index contributed by atoms with van der Waals surface area (Å²) in [5.74, 6) is -0.444.